The van der Waals surface area contributed by atoms with E-state index < -0.39 is 10.1 Å². The summed E-state index contributed by atoms with van der Waals surface area (Å²) in [6, 6.07) is 5.88. The number of carbonyl (C=O) groups is 1. The summed E-state index contributed by atoms with van der Waals surface area (Å²) in [5, 5.41) is 1.01. The second-order valence-corrected chi connectivity index (χ2v) is 9.37. The molecule has 1 aliphatic carbocycles. The van der Waals surface area contributed by atoms with Crippen molar-refractivity contribution >= 4 is 26.9 Å². The van der Waals surface area contributed by atoms with E-state index in [0.717, 1.165) is 59.8 Å². The van der Waals surface area contributed by atoms with Gasteiger partial charge in [0, 0.05) is 36.2 Å². The van der Waals surface area contributed by atoms with Gasteiger partial charge in [-0.05, 0) is 56.9 Å². The van der Waals surface area contributed by atoms with Gasteiger partial charge in [0.15, 0.2) is 0 Å². The molecular weight excluding hydrogens is 404 g/mol. The molecule has 0 fully saturated rings. The third-order valence-electron chi connectivity index (χ3n) is 5.91. The summed E-state index contributed by atoms with van der Waals surface area (Å²) in [4.78, 5) is 15.3. The average Bonchev–Trinajstić information content (AvgIpc) is 2.86. The van der Waals surface area contributed by atoms with Crippen molar-refractivity contribution in [1.82, 2.24) is 9.47 Å². The maximum Gasteiger partial charge on any atom is 0.264 e. The van der Waals surface area contributed by atoms with E-state index in [1.807, 2.05) is 36.9 Å². The number of benzene rings is 1. The fourth-order valence-electron chi connectivity index (χ4n) is 4.52. The first-order chi connectivity index (χ1) is 14.3. The molecule has 30 heavy (non-hydrogen) atoms. The molecule has 3 rings (SSSR count). The molecule has 0 spiro atoms. The van der Waals surface area contributed by atoms with Crippen LogP contribution < -0.4 is 4.74 Å². The molecule has 0 N–H and O–H groups in total. The summed E-state index contributed by atoms with van der Waals surface area (Å²) < 4.78 is 35.5. The molecule has 1 amide bonds. The van der Waals surface area contributed by atoms with E-state index in [4.69, 9.17) is 8.92 Å². The molecule has 0 saturated carbocycles. The minimum Gasteiger partial charge on any atom is -0.497 e. The van der Waals surface area contributed by atoms with Gasteiger partial charge in [0.1, 0.15) is 5.75 Å². The monoisotopic (exact) mass is 436 g/mol. The molecule has 1 aliphatic rings. The van der Waals surface area contributed by atoms with E-state index in [1.165, 1.54) is 0 Å². The number of hydrogen-bond acceptors (Lipinski definition) is 5. The lowest BCUT2D eigenvalue weighted by atomic mass is 9.92. The molecule has 1 aromatic carbocycles. The Morgan fingerprint density at radius 1 is 1.23 bits per heavy atom. The smallest absolute Gasteiger partial charge is 0.264 e. The lowest BCUT2D eigenvalue weighted by molar-refractivity contribution is -0.132. The highest BCUT2D eigenvalue weighted by atomic mass is 32.2. The summed E-state index contributed by atoms with van der Waals surface area (Å²) >= 11 is 0. The lowest BCUT2D eigenvalue weighted by Crippen LogP contribution is -2.35. The Hall–Kier alpha value is -2.06. The Morgan fingerprint density at radius 3 is 2.60 bits per heavy atom. The second kappa shape index (κ2) is 9.39. The number of rotatable bonds is 8. The van der Waals surface area contributed by atoms with Crippen molar-refractivity contribution in [2.45, 2.75) is 52.0 Å². The van der Waals surface area contributed by atoms with Gasteiger partial charge in [-0.3, -0.25) is 8.98 Å². The Kier molecular flexibility index (Phi) is 7.08. The van der Waals surface area contributed by atoms with E-state index >= 15 is 0 Å². The first kappa shape index (κ1) is 22.6. The highest BCUT2D eigenvalue weighted by Crippen LogP contribution is 2.40. The van der Waals surface area contributed by atoms with Crippen molar-refractivity contribution in [1.29, 1.82) is 0 Å². The Bertz CT molecular complexity index is 1010. The molecule has 166 valence electrons. The standard InChI is InChI=1S/C22H32N2O5S/c1-5-23(6-2)22(25)17-9-7-8-10-20-21(17)18-15-16(28-3)11-12-19(18)24(20)13-14-29-30(4,26)27/h11-12,15,17H,5-10,13-14H2,1-4H3. The highest BCUT2D eigenvalue weighted by Gasteiger charge is 2.32. The number of amides is 1. The third kappa shape index (κ3) is 4.64. The maximum absolute atomic E-state index is 13.4. The van der Waals surface area contributed by atoms with Crippen molar-refractivity contribution < 1.29 is 22.1 Å². The molecule has 1 heterocycles. The van der Waals surface area contributed by atoms with Crippen molar-refractivity contribution in [2.24, 2.45) is 0 Å². The molecule has 0 radical (unpaired) electrons. The van der Waals surface area contributed by atoms with Crippen LogP contribution in [0.25, 0.3) is 10.9 Å². The van der Waals surface area contributed by atoms with Crippen molar-refractivity contribution in [3.63, 3.8) is 0 Å². The van der Waals surface area contributed by atoms with E-state index in [9.17, 15) is 13.2 Å². The molecule has 1 atom stereocenters. The molecule has 2 aromatic rings. The summed E-state index contributed by atoms with van der Waals surface area (Å²) in [6.45, 7) is 5.87. The van der Waals surface area contributed by atoms with E-state index in [0.29, 0.717) is 19.6 Å². The predicted molar refractivity (Wildman–Crippen MR) is 118 cm³/mol. The largest absolute Gasteiger partial charge is 0.497 e. The van der Waals surface area contributed by atoms with Gasteiger partial charge in [-0.15, -0.1) is 0 Å². The maximum atomic E-state index is 13.4. The zero-order valence-corrected chi connectivity index (χ0v) is 19.1. The van der Waals surface area contributed by atoms with E-state index in [-0.39, 0.29) is 18.4 Å². The van der Waals surface area contributed by atoms with Crippen LogP contribution in [0.4, 0.5) is 0 Å². The molecule has 0 aliphatic heterocycles. The molecule has 7 nitrogen and oxygen atoms in total. The first-order valence-electron chi connectivity index (χ1n) is 10.6. The van der Waals surface area contributed by atoms with Crippen LogP contribution in [0.15, 0.2) is 18.2 Å². The Morgan fingerprint density at radius 2 is 1.97 bits per heavy atom. The minimum atomic E-state index is -3.51. The van der Waals surface area contributed by atoms with Crippen molar-refractivity contribution in [2.75, 3.05) is 33.1 Å². The van der Waals surface area contributed by atoms with Gasteiger partial charge in [-0.25, -0.2) is 0 Å². The summed E-state index contributed by atoms with van der Waals surface area (Å²) in [6.07, 6.45) is 4.71. The topological polar surface area (TPSA) is 77.8 Å². The number of hydrogen-bond donors (Lipinski definition) is 0. The zero-order valence-electron chi connectivity index (χ0n) is 18.3. The van der Waals surface area contributed by atoms with Crippen molar-refractivity contribution in [3.8, 4) is 5.75 Å². The molecule has 8 heteroatoms. The van der Waals surface area contributed by atoms with Crippen LogP contribution in [-0.2, 0) is 32.1 Å². The zero-order chi connectivity index (χ0) is 21.9. The number of fused-ring (bicyclic) bond motifs is 3. The lowest BCUT2D eigenvalue weighted by Gasteiger charge is -2.25. The van der Waals surface area contributed by atoms with Gasteiger partial charge < -0.3 is 14.2 Å². The van der Waals surface area contributed by atoms with Crippen LogP contribution >= 0.6 is 0 Å². The Balaban J connectivity index is 2.14. The van der Waals surface area contributed by atoms with Gasteiger partial charge in [0.2, 0.25) is 5.91 Å². The molecule has 1 aromatic heterocycles. The summed E-state index contributed by atoms with van der Waals surface area (Å²) in [7, 11) is -1.87. The number of carbonyl (C=O) groups excluding carboxylic acids is 1. The van der Waals surface area contributed by atoms with Gasteiger partial charge in [-0.2, -0.15) is 8.42 Å². The van der Waals surface area contributed by atoms with Crippen LogP contribution in [-0.4, -0.2) is 56.9 Å². The molecular formula is C22H32N2O5S. The number of nitrogens with zero attached hydrogens (tertiary/aromatic N) is 2. The summed E-state index contributed by atoms with van der Waals surface area (Å²) in [5.41, 5.74) is 3.16. The van der Waals surface area contributed by atoms with Crippen LogP contribution in [0.1, 0.15) is 50.3 Å². The van der Waals surface area contributed by atoms with Crippen LogP contribution in [0.2, 0.25) is 0 Å². The number of ether oxygens (including phenoxy) is 1. The van der Waals surface area contributed by atoms with Gasteiger partial charge >= 0.3 is 0 Å². The number of aromatic nitrogens is 1. The van der Waals surface area contributed by atoms with Crippen molar-refractivity contribution in [3.05, 3.63) is 29.5 Å². The van der Waals surface area contributed by atoms with Gasteiger partial charge in [-0.1, -0.05) is 6.42 Å². The number of likely N-dealkylation sites (N-methyl/N-ethyl adjacent to an activating group) is 1. The average molecular weight is 437 g/mol. The SMILES string of the molecule is CCN(CC)C(=O)C1CCCCc2c1c1cc(OC)ccc1n2CCOS(C)(=O)=O. The molecule has 1 unspecified atom stereocenters. The van der Waals surface area contributed by atoms with E-state index in [2.05, 4.69) is 4.57 Å². The van der Waals surface area contributed by atoms with Crippen LogP contribution in [0.3, 0.4) is 0 Å². The Labute approximate surface area is 179 Å². The normalized spacial score (nSPS) is 16.9. The first-order valence-corrected chi connectivity index (χ1v) is 12.4. The van der Waals surface area contributed by atoms with Gasteiger partial charge in [0.25, 0.3) is 10.1 Å². The van der Waals surface area contributed by atoms with E-state index in [1.54, 1.807) is 7.11 Å². The predicted octanol–water partition coefficient (Wildman–Crippen LogP) is 3.30. The second-order valence-electron chi connectivity index (χ2n) is 7.73. The van der Waals surface area contributed by atoms with Crippen LogP contribution in [0, 0.1) is 0 Å². The molecule has 0 bridgehead atoms. The highest BCUT2D eigenvalue weighted by molar-refractivity contribution is 7.85. The number of methoxy groups -OCH3 is 1. The molecule has 0 saturated heterocycles. The minimum absolute atomic E-state index is 0.0652. The summed E-state index contributed by atoms with van der Waals surface area (Å²) in [5.74, 6) is 0.708. The third-order valence-corrected chi connectivity index (χ3v) is 6.51. The fourth-order valence-corrected chi connectivity index (χ4v) is 4.90. The van der Waals surface area contributed by atoms with Gasteiger partial charge in [0.05, 0.1) is 25.9 Å². The fraction of sp³-hybridized carbons (Fsp3) is 0.591. The van der Waals surface area contributed by atoms with Crippen LogP contribution in [0.5, 0.6) is 5.75 Å². The quantitative estimate of drug-likeness (QED) is 0.469.